The molecule has 0 unspecified atom stereocenters. The lowest BCUT2D eigenvalue weighted by molar-refractivity contribution is -0.145. The van der Waals surface area contributed by atoms with E-state index in [0.717, 1.165) is 11.3 Å². The number of carboxylic acids is 1. The Bertz CT molecular complexity index is 1010. The number of nitrogens with one attached hydrogen (secondary N) is 2. The zero-order chi connectivity index (χ0) is 23.4. The molecule has 0 atom stereocenters. The van der Waals surface area contributed by atoms with Gasteiger partial charge in [-0.15, -0.1) is 0 Å². The quantitative estimate of drug-likeness (QED) is 0.465. The number of anilines is 1. The number of piperidine rings is 1. The highest BCUT2D eigenvalue weighted by atomic mass is 35.5. The normalized spacial score (nSPS) is 14.4. The maximum atomic E-state index is 12.5. The summed E-state index contributed by atoms with van der Waals surface area (Å²) in [6, 6.07) is -0.0643. The number of hydrogen-bond donors (Lipinski definition) is 3. The molecular formula is C20H24Cl2N4O5S. The fourth-order valence-corrected chi connectivity index (χ4v) is 4.74. The minimum absolute atomic E-state index is 0.0633. The molecule has 0 radical (unpaired) electrons. The molecule has 2 aromatic heterocycles. The SMILES string of the molecule is CCCC(=O)OCc1nc(N2CCC(NC(=O)c3[nH]c(C)c(Cl)c3Cl)CC2)sc1C(=O)O. The van der Waals surface area contributed by atoms with Gasteiger partial charge < -0.3 is 25.0 Å². The second-order valence-electron chi connectivity index (χ2n) is 7.48. The van der Waals surface area contributed by atoms with Crippen LogP contribution in [0.3, 0.4) is 0 Å². The van der Waals surface area contributed by atoms with Crippen LogP contribution in [0, 0.1) is 6.92 Å². The van der Waals surface area contributed by atoms with Crippen molar-refractivity contribution >= 4 is 57.5 Å². The number of carboxylic acid groups (broad SMARTS) is 1. The number of aromatic amines is 1. The van der Waals surface area contributed by atoms with Gasteiger partial charge in [0.15, 0.2) is 5.13 Å². The fourth-order valence-electron chi connectivity index (χ4n) is 3.37. The number of amides is 1. The summed E-state index contributed by atoms with van der Waals surface area (Å²) in [7, 11) is 0. The van der Waals surface area contributed by atoms with Gasteiger partial charge in [0.1, 0.15) is 22.9 Å². The van der Waals surface area contributed by atoms with Crippen LogP contribution in [0.4, 0.5) is 5.13 Å². The number of aromatic nitrogens is 2. The first-order valence-electron chi connectivity index (χ1n) is 10.2. The molecule has 9 nitrogen and oxygen atoms in total. The lowest BCUT2D eigenvalue weighted by Crippen LogP contribution is -2.44. The number of esters is 1. The third kappa shape index (κ3) is 5.54. The molecule has 3 heterocycles. The van der Waals surface area contributed by atoms with Crippen LogP contribution in [0.25, 0.3) is 0 Å². The van der Waals surface area contributed by atoms with Crippen LogP contribution >= 0.6 is 34.5 Å². The number of H-pyrrole nitrogens is 1. The van der Waals surface area contributed by atoms with Crippen molar-refractivity contribution < 1.29 is 24.2 Å². The van der Waals surface area contributed by atoms with E-state index in [1.807, 2.05) is 11.8 Å². The van der Waals surface area contributed by atoms with Crippen molar-refractivity contribution in [3.8, 4) is 0 Å². The van der Waals surface area contributed by atoms with Gasteiger partial charge in [-0.25, -0.2) is 9.78 Å². The molecular weight excluding hydrogens is 479 g/mol. The van der Waals surface area contributed by atoms with E-state index >= 15 is 0 Å². The van der Waals surface area contributed by atoms with Gasteiger partial charge in [-0.1, -0.05) is 41.5 Å². The summed E-state index contributed by atoms with van der Waals surface area (Å²) in [4.78, 5) is 45.1. The molecule has 1 fully saturated rings. The number of carbonyl (C=O) groups excluding carboxylic acids is 2. The lowest BCUT2D eigenvalue weighted by atomic mass is 10.1. The summed E-state index contributed by atoms with van der Waals surface area (Å²) in [6.45, 7) is 4.61. The Morgan fingerprint density at radius 1 is 1.28 bits per heavy atom. The minimum atomic E-state index is -1.10. The summed E-state index contributed by atoms with van der Waals surface area (Å²) >= 11 is 13.2. The Morgan fingerprint density at radius 3 is 2.53 bits per heavy atom. The summed E-state index contributed by atoms with van der Waals surface area (Å²) in [5, 5.41) is 13.5. The van der Waals surface area contributed by atoms with Crippen molar-refractivity contribution in [3.05, 3.63) is 32.0 Å². The zero-order valence-electron chi connectivity index (χ0n) is 17.7. The average Bonchev–Trinajstić information content (AvgIpc) is 3.30. The Hall–Kier alpha value is -2.30. The maximum absolute atomic E-state index is 12.5. The third-order valence-electron chi connectivity index (χ3n) is 5.09. The van der Waals surface area contributed by atoms with Crippen molar-refractivity contribution in [1.29, 1.82) is 0 Å². The van der Waals surface area contributed by atoms with Crippen LogP contribution < -0.4 is 10.2 Å². The number of nitrogens with zero attached hydrogens (tertiary/aromatic N) is 2. The molecule has 0 saturated carbocycles. The van der Waals surface area contributed by atoms with Gasteiger partial charge in [0.05, 0.1) is 10.0 Å². The molecule has 0 aliphatic carbocycles. The molecule has 0 bridgehead atoms. The maximum Gasteiger partial charge on any atom is 0.348 e. The molecule has 32 heavy (non-hydrogen) atoms. The third-order valence-corrected chi connectivity index (χ3v) is 7.18. The van der Waals surface area contributed by atoms with Gasteiger partial charge in [0.25, 0.3) is 5.91 Å². The molecule has 12 heteroatoms. The van der Waals surface area contributed by atoms with Crippen LogP contribution in [0.1, 0.15) is 64.2 Å². The molecule has 3 N–H and O–H groups in total. The standard InChI is InChI=1S/C20H24Cl2N4O5S/c1-3-4-13(27)31-9-12-17(19(29)30)32-20(25-12)26-7-5-11(6-8-26)24-18(28)16-15(22)14(21)10(2)23-16/h11,23H,3-9H2,1-2H3,(H,24,28)(H,29,30). The predicted molar refractivity (Wildman–Crippen MR) is 122 cm³/mol. The van der Waals surface area contributed by atoms with E-state index in [0.29, 0.717) is 48.2 Å². The summed E-state index contributed by atoms with van der Waals surface area (Å²) in [5.74, 6) is -1.80. The van der Waals surface area contributed by atoms with Gasteiger partial charge in [-0.3, -0.25) is 9.59 Å². The van der Waals surface area contributed by atoms with Gasteiger partial charge in [-0.05, 0) is 26.2 Å². The number of ether oxygens (including phenoxy) is 1. The highest BCUT2D eigenvalue weighted by Gasteiger charge is 2.27. The molecule has 174 valence electrons. The number of halogens is 2. The Kier molecular flexibility index (Phi) is 8.02. The first kappa shape index (κ1) is 24.3. The number of thiazole rings is 1. The summed E-state index contributed by atoms with van der Waals surface area (Å²) in [5.41, 5.74) is 1.11. The van der Waals surface area contributed by atoms with Crippen molar-refractivity contribution in [2.24, 2.45) is 0 Å². The number of hydrogen-bond acceptors (Lipinski definition) is 7. The molecule has 1 saturated heterocycles. The zero-order valence-corrected chi connectivity index (χ0v) is 20.0. The van der Waals surface area contributed by atoms with Crippen LogP contribution in [0.15, 0.2) is 0 Å². The average molecular weight is 503 g/mol. The molecule has 2 aromatic rings. The Morgan fingerprint density at radius 2 is 1.97 bits per heavy atom. The van der Waals surface area contributed by atoms with Crippen molar-refractivity contribution in [3.63, 3.8) is 0 Å². The smallest absolute Gasteiger partial charge is 0.348 e. The first-order chi connectivity index (χ1) is 15.2. The summed E-state index contributed by atoms with van der Waals surface area (Å²) in [6.07, 6.45) is 2.23. The molecule has 0 spiro atoms. The molecule has 1 aliphatic heterocycles. The van der Waals surface area contributed by atoms with Crippen LogP contribution in [-0.4, -0.2) is 52.1 Å². The lowest BCUT2D eigenvalue weighted by Gasteiger charge is -2.32. The van der Waals surface area contributed by atoms with E-state index in [-0.39, 0.29) is 52.2 Å². The van der Waals surface area contributed by atoms with E-state index in [1.54, 1.807) is 6.92 Å². The number of aryl methyl sites for hydroxylation is 1. The molecule has 1 aliphatic rings. The highest BCUT2D eigenvalue weighted by Crippen LogP contribution is 2.31. The minimum Gasteiger partial charge on any atom is -0.477 e. The molecule has 1 amide bonds. The van der Waals surface area contributed by atoms with Crippen LogP contribution in [-0.2, 0) is 16.1 Å². The summed E-state index contributed by atoms with van der Waals surface area (Å²) < 4.78 is 5.14. The monoisotopic (exact) mass is 502 g/mol. The fraction of sp³-hybridized carbons (Fsp3) is 0.500. The van der Waals surface area contributed by atoms with Gasteiger partial charge >= 0.3 is 11.9 Å². The van der Waals surface area contributed by atoms with E-state index in [2.05, 4.69) is 15.3 Å². The Labute approximate surface area is 199 Å². The number of rotatable bonds is 8. The second-order valence-corrected chi connectivity index (χ2v) is 9.21. The topological polar surface area (TPSA) is 125 Å². The first-order valence-corrected chi connectivity index (χ1v) is 11.8. The van der Waals surface area contributed by atoms with Gasteiger partial charge in [0.2, 0.25) is 0 Å². The number of aromatic carboxylic acids is 1. The molecule has 0 aromatic carbocycles. The van der Waals surface area contributed by atoms with Crippen LogP contribution in [0.5, 0.6) is 0 Å². The molecule has 3 rings (SSSR count). The van der Waals surface area contributed by atoms with E-state index in [4.69, 9.17) is 27.9 Å². The predicted octanol–water partition coefficient (Wildman–Crippen LogP) is 4.03. The van der Waals surface area contributed by atoms with E-state index in [1.165, 1.54) is 0 Å². The largest absolute Gasteiger partial charge is 0.477 e. The number of carbonyl (C=O) groups is 3. The van der Waals surface area contributed by atoms with Crippen molar-refractivity contribution in [1.82, 2.24) is 15.3 Å². The Balaban J connectivity index is 1.60. The van der Waals surface area contributed by atoms with E-state index in [9.17, 15) is 19.5 Å². The van der Waals surface area contributed by atoms with Crippen molar-refractivity contribution in [2.75, 3.05) is 18.0 Å². The highest BCUT2D eigenvalue weighted by molar-refractivity contribution is 7.17. The second kappa shape index (κ2) is 10.5. The van der Waals surface area contributed by atoms with E-state index < -0.39 is 5.97 Å². The van der Waals surface area contributed by atoms with Gasteiger partial charge in [0, 0.05) is 31.2 Å². The van der Waals surface area contributed by atoms with Gasteiger partial charge in [-0.2, -0.15) is 0 Å². The van der Waals surface area contributed by atoms with Crippen molar-refractivity contribution in [2.45, 2.75) is 52.2 Å². The van der Waals surface area contributed by atoms with Crippen LogP contribution in [0.2, 0.25) is 10.0 Å².